The van der Waals surface area contributed by atoms with Gasteiger partial charge in [-0.3, -0.25) is 4.79 Å². The number of aliphatic hydroxyl groups is 1. The number of halogens is 2. The van der Waals surface area contributed by atoms with E-state index in [4.69, 9.17) is 32.7 Å². The number of carbonyl (C=O) groups excluding carboxylic acids is 1. The molecule has 0 saturated heterocycles. The second kappa shape index (κ2) is 7.09. The van der Waals surface area contributed by atoms with Crippen LogP contribution in [0, 0.1) is 0 Å². The molecule has 2 rings (SSSR count). The Morgan fingerprint density at radius 1 is 1.62 bits per heavy atom. The Kier molecular flexibility index (Phi) is 5.66. The van der Waals surface area contributed by atoms with E-state index in [9.17, 15) is 9.90 Å². The van der Waals surface area contributed by atoms with E-state index in [2.05, 4.69) is 0 Å². The second-order valence-corrected chi connectivity index (χ2v) is 6.88. The van der Waals surface area contributed by atoms with Gasteiger partial charge in [-0.1, -0.05) is 11.6 Å². The zero-order chi connectivity index (χ0) is 15.5. The predicted molar refractivity (Wildman–Crippen MR) is 83.5 cm³/mol. The van der Waals surface area contributed by atoms with Crippen molar-refractivity contribution in [3.8, 4) is 5.75 Å². The summed E-state index contributed by atoms with van der Waals surface area (Å²) in [6.45, 7) is 0.0129. The summed E-state index contributed by atoms with van der Waals surface area (Å²) in [4.78, 5) is 13.0. The molecular formula is C14H16Cl2O4S. The highest BCUT2D eigenvalue weighted by Gasteiger charge is 2.49. The molecular weight excluding hydrogens is 335 g/mol. The molecule has 1 aromatic carbocycles. The lowest BCUT2D eigenvalue weighted by atomic mass is 9.96. The summed E-state index contributed by atoms with van der Waals surface area (Å²) in [6, 6.07) is 5.15. The van der Waals surface area contributed by atoms with Crippen molar-refractivity contribution in [2.24, 2.45) is 0 Å². The highest BCUT2D eigenvalue weighted by Crippen LogP contribution is 2.47. The first-order chi connectivity index (χ1) is 10.0. The SMILES string of the molecule is COC(=O)C1(CCCCl)Sc2cc(Cl)ccc2OCC1O. The van der Waals surface area contributed by atoms with Crippen LogP contribution in [0.4, 0.5) is 0 Å². The number of carbonyl (C=O) groups is 1. The van der Waals surface area contributed by atoms with Crippen LogP contribution in [0.25, 0.3) is 0 Å². The van der Waals surface area contributed by atoms with Crippen LogP contribution in [0.5, 0.6) is 5.75 Å². The number of fused-ring (bicyclic) bond motifs is 1. The Bertz CT molecular complexity index is 526. The van der Waals surface area contributed by atoms with Gasteiger partial charge in [0.1, 0.15) is 23.2 Å². The van der Waals surface area contributed by atoms with E-state index < -0.39 is 16.8 Å². The summed E-state index contributed by atoms with van der Waals surface area (Å²) >= 11 is 13.0. The van der Waals surface area contributed by atoms with Crippen molar-refractivity contribution in [2.45, 2.75) is 28.6 Å². The largest absolute Gasteiger partial charge is 0.490 e. The molecule has 0 spiro atoms. The quantitative estimate of drug-likeness (QED) is 0.667. The first-order valence-corrected chi connectivity index (χ1v) is 8.20. The van der Waals surface area contributed by atoms with Gasteiger partial charge in [-0.25, -0.2) is 0 Å². The Balaban J connectivity index is 2.44. The van der Waals surface area contributed by atoms with Crippen molar-refractivity contribution in [3.63, 3.8) is 0 Å². The molecule has 4 nitrogen and oxygen atoms in total. The van der Waals surface area contributed by atoms with Gasteiger partial charge >= 0.3 is 5.97 Å². The molecule has 1 aliphatic rings. The van der Waals surface area contributed by atoms with Crippen molar-refractivity contribution in [1.29, 1.82) is 0 Å². The third-order valence-electron chi connectivity index (χ3n) is 3.35. The number of hydrogen-bond acceptors (Lipinski definition) is 5. The zero-order valence-electron chi connectivity index (χ0n) is 11.5. The van der Waals surface area contributed by atoms with Crippen LogP contribution in [0.2, 0.25) is 5.02 Å². The van der Waals surface area contributed by atoms with Crippen LogP contribution >= 0.6 is 35.0 Å². The first-order valence-electron chi connectivity index (χ1n) is 6.47. The second-order valence-electron chi connectivity index (χ2n) is 4.69. The number of ether oxygens (including phenoxy) is 2. The van der Waals surface area contributed by atoms with E-state index in [1.807, 2.05) is 0 Å². The molecule has 1 aliphatic heterocycles. The number of thioether (sulfide) groups is 1. The van der Waals surface area contributed by atoms with Gasteiger partial charge in [0.25, 0.3) is 0 Å². The molecule has 0 saturated carbocycles. The molecule has 0 bridgehead atoms. The number of aliphatic hydroxyl groups excluding tert-OH is 1. The highest BCUT2D eigenvalue weighted by molar-refractivity contribution is 8.01. The van der Waals surface area contributed by atoms with Crippen molar-refractivity contribution in [2.75, 3.05) is 19.6 Å². The number of alkyl halides is 1. The lowest BCUT2D eigenvalue weighted by molar-refractivity contribution is -0.147. The van der Waals surface area contributed by atoms with Gasteiger partial charge in [0.2, 0.25) is 0 Å². The third-order valence-corrected chi connectivity index (χ3v) is 5.39. The smallest absolute Gasteiger partial charge is 0.325 e. The molecule has 116 valence electrons. The maximum Gasteiger partial charge on any atom is 0.325 e. The van der Waals surface area contributed by atoms with Crippen LogP contribution in [-0.4, -0.2) is 41.5 Å². The summed E-state index contributed by atoms with van der Waals surface area (Å²) in [7, 11) is 1.31. The van der Waals surface area contributed by atoms with E-state index in [1.165, 1.54) is 18.9 Å². The average molecular weight is 351 g/mol. The molecule has 2 unspecified atom stereocenters. The van der Waals surface area contributed by atoms with E-state index >= 15 is 0 Å². The van der Waals surface area contributed by atoms with Crippen molar-refractivity contribution in [1.82, 2.24) is 0 Å². The Morgan fingerprint density at radius 2 is 2.38 bits per heavy atom. The van der Waals surface area contributed by atoms with Gasteiger partial charge in [-0.2, -0.15) is 0 Å². The Labute approximate surface area is 137 Å². The van der Waals surface area contributed by atoms with Gasteiger partial charge in [0, 0.05) is 10.9 Å². The molecule has 1 N–H and O–H groups in total. The summed E-state index contributed by atoms with van der Waals surface area (Å²) < 4.78 is 9.35. The van der Waals surface area contributed by atoms with E-state index in [0.717, 1.165) is 0 Å². The molecule has 0 radical (unpaired) electrons. The lowest BCUT2D eigenvalue weighted by Crippen LogP contribution is -2.49. The van der Waals surface area contributed by atoms with Crippen LogP contribution in [0.15, 0.2) is 23.1 Å². The predicted octanol–water partition coefficient (Wildman–Crippen LogP) is 3.12. The maximum absolute atomic E-state index is 12.3. The van der Waals surface area contributed by atoms with E-state index in [0.29, 0.717) is 34.4 Å². The van der Waals surface area contributed by atoms with Crippen LogP contribution in [0.1, 0.15) is 12.8 Å². The average Bonchev–Trinajstić information content (AvgIpc) is 2.62. The van der Waals surface area contributed by atoms with E-state index in [1.54, 1.807) is 18.2 Å². The van der Waals surface area contributed by atoms with Crippen molar-refractivity contribution < 1.29 is 19.4 Å². The number of benzene rings is 1. The molecule has 2 atom stereocenters. The molecule has 1 heterocycles. The minimum Gasteiger partial charge on any atom is -0.490 e. The van der Waals surface area contributed by atoms with Crippen LogP contribution in [-0.2, 0) is 9.53 Å². The van der Waals surface area contributed by atoms with Gasteiger partial charge in [0.05, 0.1) is 12.0 Å². The molecule has 0 amide bonds. The maximum atomic E-state index is 12.3. The Morgan fingerprint density at radius 3 is 3.05 bits per heavy atom. The van der Waals surface area contributed by atoms with E-state index in [-0.39, 0.29) is 6.61 Å². The molecule has 1 aromatic rings. The van der Waals surface area contributed by atoms with Crippen LogP contribution < -0.4 is 4.74 Å². The number of esters is 1. The molecule has 0 aliphatic carbocycles. The number of rotatable bonds is 4. The summed E-state index contributed by atoms with van der Waals surface area (Å²) in [5, 5.41) is 11.0. The zero-order valence-corrected chi connectivity index (χ0v) is 13.8. The fourth-order valence-electron chi connectivity index (χ4n) is 2.25. The minimum atomic E-state index is -1.14. The fraction of sp³-hybridized carbons (Fsp3) is 0.500. The molecule has 7 heteroatoms. The van der Waals surface area contributed by atoms with Gasteiger partial charge in [-0.05, 0) is 31.0 Å². The lowest BCUT2D eigenvalue weighted by Gasteiger charge is -2.32. The first kappa shape index (κ1) is 16.7. The standard InChI is InChI=1S/C14H16Cl2O4S/c1-19-13(18)14(5-2-6-15)12(17)8-20-10-4-3-9(16)7-11(10)21-14/h3-4,7,12,17H,2,5-6,8H2,1H3. The van der Waals surface area contributed by atoms with Gasteiger partial charge in [0.15, 0.2) is 0 Å². The Hall–Kier alpha value is -0.620. The number of hydrogen-bond donors (Lipinski definition) is 1. The normalized spacial score (nSPS) is 24.7. The van der Waals surface area contributed by atoms with Crippen LogP contribution in [0.3, 0.4) is 0 Å². The van der Waals surface area contributed by atoms with Crippen molar-refractivity contribution in [3.05, 3.63) is 23.2 Å². The fourth-order valence-corrected chi connectivity index (χ4v) is 4.04. The molecule has 0 aromatic heterocycles. The summed E-state index contributed by atoms with van der Waals surface area (Å²) in [5.41, 5.74) is 0. The monoisotopic (exact) mass is 350 g/mol. The minimum absolute atomic E-state index is 0.0129. The topological polar surface area (TPSA) is 55.8 Å². The van der Waals surface area contributed by atoms with Gasteiger partial charge < -0.3 is 14.6 Å². The summed E-state index contributed by atoms with van der Waals surface area (Å²) in [5.74, 6) is 0.511. The highest BCUT2D eigenvalue weighted by atomic mass is 35.5. The van der Waals surface area contributed by atoms with Gasteiger partial charge in [-0.15, -0.1) is 23.4 Å². The molecule has 0 fully saturated rings. The summed E-state index contributed by atoms with van der Waals surface area (Å²) in [6.07, 6.45) is -0.0228. The molecule has 21 heavy (non-hydrogen) atoms. The van der Waals surface area contributed by atoms with Crippen molar-refractivity contribution >= 4 is 40.9 Å². The number of methoxy groups -OCH3 is 1. The third kappa shape index (κ3) is 3.42.